The molecule has 21 heavy (non-hydrogen) atoms. The lowest BCUT2D eigenvalue weighted by Gasteiger charge is -2.22. The van der Waals surface area contributed by atoms with Crippen molar-refractivity contribution in [2.24, 2.45) is 0 Å². The molecule has 0 bridgehead atoms. The van der Waals surface area contributed by atoms with Gasteiger partial charge in [0.2, 0.25) is 0 Å². The summed E-state index contributed by atoms with van der Waals surface area (Å²) < 4.78 is 0. The third-order valence-electron chi connectivity index (χ3n) is 4.50. The van der Waals surface area contributed by atoms with Gasteiger partial charge < -0.3 is 22.8 Å². The predicted octanol–water partition coefficient (Wildman–Crippen LogP) is -0.0824. The van der Waals surface area contributed by atoms with Crippen molar-refractivity contribution in [3.63, 3.8) is 0 Å². The topological polar surface area (TPSA) is 36.8 Å². The van der Waals surface area contributed by atoms with Gasteiger partial charge in [0.25, 0.3) is 0 Å². The van der Waals surface area contributed by atoms with Crippen LogP contribution in [0.4, 0.5) is 0 Å². The van der Waals surface area contributed by atoms with Crippen LogP contribution >= 0.6 is 0 Å². The first-order chi connectivity index (χ1) is 9.47. The minimum absolute atomic E-state index is 0. The number of rotatable bonds is 4. The molecule has 2 nitrogen and oxygen atoms in total. The smallest absolute Gasteiger partial charge is 0.128 e. The molecule has 1 aromatic carbocycles. The zero-order valence-corrected chi connectivity index (χ0v) is 14.4. The van der Waals surface area contributed by atoms with Crippen molar-refractivity contribution >= 4 is 0 Å². The van der Waals surface area contributed by atoms with Gasteiger partial charge in [0.1, 0.15) is 12.6 Å². The molecule has 2 rings (SSSR count). The fraction of sp³-hybridized carbons (Fsp3) is 0.667. The molecule has 0 saturated heterocycles. The lowest BCUT2D eigenvalue weighted by molar-refractivity contribution is -0.698. The van der Waals surface area contributed by atoms with E-state index in [1.54, 1.807) is 0 Å². The molecule has 0 radical (unpaired) electrons. The molecule has 0 heterocycles. The minimum atomic E-state index is -0.342. The molecule has 0 spiro atoms. The van der Waals surface area contributed by atoms with E-state index in [9.17, 15) is 5.11 Å². The highest BCUT2D eigenvalue weighted by Gasteiger charge is 2.19. The molecule has 1 aliphatic rings. The van der Waals surface area contributed by atoms with Crippen LogP contribution in [0, 0.1) is 0 Å². The van der Waals surface area contributed by atoms with E-state index in [0.717, 1.165) is 18.2 Å². The van der Waals surface area contributed by atoms with Gasteiger partial charge in [-0.2, -0.15) is 0 Å². The summed E-state index contributed by atoms with van der Waals surface area (Å²) in [6.45, 7) is 7.44. The molecule has 1 atom stereocenters. The maximum atomic E-state index is 10.3. The van der Waals surface area contributed by atoms with Crippen LogP contribution in [-0.4, -0.2) is 17.7 Å². The number of halogens is 1. The highest BCUT2D eigenvalue weighted by atomic mass is 35.5. The Morgan fingerprint density at radius 2 is 1.67 bits per heavy atom. The number of quaternary nitrogens is 1. The Morgan fingerprint density at radius 3 is 2.19 bits per heavy atom. The second kappa shape index (κ2) is 8.17. The molecule has 1 fully saturated rings. The van der Waals surface area contributed by atoms with Crippen LogP contribution in [0.5, 0.6) is 0 Å². The standard InChI is InChI=1S/C18H29NO.ClH/c1-18(2,3)15-11-9-14(10-12-15)17(20)13-19-16-7-5-4-6-8-16;/h9-12,16-17,19-20H,4-8,13H2,1-3H3;1H. The quantitative estimate of drug-likeness (QED) is 0.802. The summed E-state index contributed by atoms with van der Waals surface area (Å²) in [5, 5.41) is 12.7. The Labute approximate surface area is 135 Å². The normalized spacial score (nSPS) is 18.1. The lowest BCUT2D eigenvalue weighted by atomic mass is 9.86. The van der Waals surface area contributed by atoms with Crippen molar-refractivity contribution in [2.45, 2.75) is 70.4 Å². The fourth-order valence-corrected chi connectivity index (χ4v) is 3.03. The first kappa shape index (κ1) is 18.5. The van der Waals surface area contributed by atoms with Crippen molar-refractivity contribution in [1.82, 2.24) is 0 Å². The van der Waals surface area contributed by atoms with Crippen LogP contribution in [0.15, 0.2) is 24.3 Å². The van der Waals surface area contributed by atoms with Crippen LogP contribution in [-0.2, 0) is 5.41 Å². The van der Waals surface area contributed by atoms with Gasteiger partial charge in [0.15, 0.2) is 0 Å². The second-order valence-corrected chi connectivity index (χ2v) is 7.26. The van der Waals surface area contributed by atoms with Gasteiger partial charge in [-0.15, -0.1) is 0 Å². The fourth-order valence-electron chi connectivity index (χ4n) is 3.03. The molecule has 0 aromatic heterocycles. The zero-order valence-electron chi connectivity index (χ0n) is 13.6. The first-order valence-electron chi connectivity index (χ1n) is 8.08. The molecule has 3 heteroatoms. The molecule has 3 N–H and O–H groups in total. The van der Waals surface area contributed by atoms with E-state index in [2.05, 4.69) is 50.4 Å². The summed E-state index contributed by atoms with van der Waals surface area (Å²) in [6.07, 6.45) is 6.40. The summed E-state index contributed by atoms with van der Waals surface area (Å²) in [4.78, 5) is 0. The third kappa shape index (κ3) is 5.61. The first-order valence-corrected chi connectivity index (χ1v) is 8.08. The number of hydrogen-bond acceptors (Lipinski definition) is 1. The van der Waals surface area contributed by atoms with E-state index >= 15 is 0 Å². The average molecular weight is 312 g/mol. The van der Waals surface area contributed by atoms with Gasteiger partial charge >= 0.3 is 0 Å². The lowest BCUT2D eigenvalue weighted by Crippen LogP contribution is -3.00. The second-order valence-electron chi connectivity index (χ2n) is 7.26. The maximum absolute atomic E-state index is 10.3. The van der Waals surface area contributed by atoms with Gasteiger partial charge in [-0.05, 0) is 42.2 Å². The Balaban J connectivity index is 0.00000220. The van der Waals surface area contributed by atoms with Crippen molar-refractivity contribution in [1.29, 1.82) is 0 Å². The molecule has 120 valence electrons. The van der Waals surface area contributed by atoms with Gasteiger partial charge in [-0.1, -0.05) is 51.5 Å². The highest BCUT2D eigenvalue weighted by molar-refractivity contribution is 5.28. The number of aliphatic hydroxyl groups excluding tert-OH is 1. The van der Waals surface area contributed by atoms with Crippen molar-refractivity contribution in [3.05, 3.63) is 35.4 Å². The zero-order chi connectivity index (χ0) is 14.6. The summed E-state index contributed by atoms with van der Waals surface area (Å²) in [5.41, 5.74) is 2.55. The SMILES string of the molecule is CC(C)(C)c1ccc(C(O)C[NH2+]C2CCCCC2)cc1.[Cl-]. The summed E-state index contributed by atoms with van der Waals surface area (Å²) in [5.74, 6) is 0. The van der Waals surface area contributed by atoms with E-state index in [1.165, 1.54) is 37.7 Å². The van der Waals surface area contributed by atoms with Gasteiger partial charge in [0, 0.05) is 0 Å². The van der Waals surface area contributed by atoms with Crippen LogP contribution in [0.3, 0.4) is 0 Å². The average Bonchev–Trinajstić information content (AvgIpc) is 2.45. The van der Waals surface area contributed by atoms with E-state index in [0.29, 0.717) is 0 Å². The molecular formula is C18H30ClNO. The van der Waals surface area contributed by atoms with E-state index in [4.69, 9.17) is 0 Å². The van der Waals surface area contributed by atoms with Crippen molar-refractivity contribution in [2.75, 3.05) is 6.54 Å². The Morgan fingerprint density at radius 1 is 1.10 bits per heavy atom. The largest absolute Gasteiger partial charge is 1.00 e. The van der Waals surface area contributed by atoms with E-state index in [1.807, 2.05) is 0 Å². The Bertz CT molecular complexity index is 404. The maximum Gasteiger partial charge on any atom is 0.128 e. The van der Waals surface area contributed by atoms with E-state index in [-0.39, 0.29) is 23.9 Å². The molecular weight excluding hydrogens is 282 g/mol. The molecule has 0 aliphatic heterocycles. The van der Waals surface area contributed by atoms with Crippen LogP contribution in [0.1, 0.15) is 70.1 Å². The van der Waals surface area contributed by atoms with Crippen molar-refractivity contribution < 1.29 is 22.8 Å². The summed E-state index contributed by atoms with van der Waals surface area (Å²) >= 11 is 0. The van der Waals surface area contributed by atoms with E-state index < -0.39 is 0 Å². The summed E-state index contributed by atoms with van der Waals surface area (Å²) in [6, 6.07) is 9.20. The van der Waals surface area contributed by atoms with Crippen LogP contribution < -0.4 is 17.7 Å². The van der Waals surface area contributed by atoms with Gasteiger partial charge in [0.05, 0.1) is 6.04 Å². The Kier molecular flexibility index (Phi) is 7.19. The molecule has 1 saturated carbocycles. The van der Waals surface area contributed by atoms with Gasteiger partial charge in [-0.3, -0.25) is 0 Å². The minimum Gasteiger partial charge on any atom is -1.00 e. The summed E-state index contributed by atoms with van der Waals surface area (Å²) in [7, 11) is 0. The number of aliphatic hydroxyl groups is 1. The van der Waals surface area contributed by atoms with Crippen molar-refractivity contribution in [3.8, 4) is 0 Å². The highest BCUT2D eigenvalue weighted by Crippen LogP contribution is 2.23. The van der Waals surface area contributed by atoms with Crippen LogP contribution in [0.25, 0.3) is 0 Å². The van der Waals surface area contributed by atoms with Crippen LogP contribution in [0.2, 0.25) is 0 Å². The molecule has 1 unspecified atom stereocenters. The Hall–Kier alpha value is -0.570. The number of benzene rings is 1. The number of hydrogen-bond donors (Lipinski definition) is 2. The third-order valence-corrected chi connectivity index (χ3v) is 4.50. The predicted molar refractivity (Wildman–Crippen MR) is 83.8 cm³/mol. The number of nitrogens with two attached hydrogens (primary N) is 1. The monoisotopic (exact) mass is 311 g/mol. The molecule has 0 amide bonds. The van der Waals surface area contributed by atoms with Gasteiger partial charge in [-0.25, -0.2) is 0 Å². The molecule has 1 aromatic rings. The molecule has 1 aliphatic carbocycles.